The van der Waals surface area contributed by atoms with E-state index in [0.29, 0.717) is 17.6 Å². The highest BCUT2D eigenvalue weighted by molar-refractivity contribution is 6.33. The summed E-state index contributed by atoms with van der Waals surface area (Å²) in [6, 6.07) is 7.80. The maximum absolute atomic E-state index is 12.7. The minimum Gasteiger partial charge on any atom is -0.302 e. The predicted molar refractivity (Wildman–Crippen MR) is 94.0 cm³/mol. The lowest BCUT2D eigenvalue weighted by atomic mass is 10.2. The standard InChI is InChI=1S/C16H12Cl2F3N5O/c1-25-12(6-13(23-25)16(19,20)21)15(27)22-14-11(18)8-26(24-14)7-9-4-2-3-5-10(9)17/h2-6,8H,7H2,1H3,(H,22,24,27). The fraction of sp³-hybridized carbons (Fsp3) is 0.188. The topological polar surface area (TPSA) is 64.7 Å². The molecule has 11 heteroatoms. The zero-order valence-corrected chi connectivity index (χ0v) is 15.3. The molecule has 1 amide bonds. The number of benzene rings is 1. The summed E-state index contributed by atoms with van der Waals surface area (Å²) in [5.41, 5.74) is -0.651. The number of carbonyl (C=O) groups is 1. The first kappa shape index (κ1) is 19.2. The third-order valence-corrected chi connectivity index (χ3v) is 4.29. The van der Waals surface area contributed by atoms with Crippen LogP contribution in [0.3, 0.4) is 0 Å². The fourth-order valence-corrected chi connectivity index (χ4v) is 2.75. The summed E-state index contributed by atoms with van der Waals surface area (Å²) in [7, 11) is 1.24. The molecular formula is C16H12Cl2F3N5O. The number of rotatable bonds is 4. The summed E-state index contributed by atoms with van der Waals surface area (Å²) in [5, 5.41) is 10.5. The average molecular weight is 418 g/mol. The minimum absolute atomic E-state index is 0.0171. The van der Waals surface area contributed by atoms with Gasteiger partial charge < -0.3 is 5.32 Å². The third kappa shape index (κ3) is 4.25. The number of anilines is 1. The summed E-state index contributed by atoms with van der Waals surface area (Å²) in [4.78, 5) is 12.3. The van der Waals surface area contributed by atoms with Gasteiger partial charge in [0.05, 0.1) is 6.54 Å². The Morgan fingerprint density at radius 2 is 1.89 bits per heavy atom. The molecule has 0 saturated carbocycles. The van der Waals surface area contributed by atoms with Gasteiger partial charge >= 0.3 is 6.18 Å². The molecule has 0 atom stereocenters. The number of aryl methyl sites for hydroxylation is 1. The van der Waals surface area contributed by atoms with Crippen LogP contribution in [-0.2, 0) is 19.8 Å². The predicted octanol–water partition coefficient (Wildman–Crippen LogP) is 4.24. The lowest BCUT2D eigenvalue weighted by molar-refractivity contribution is -0.141. The number of nitrogens with one attached hydrogen (secondary N) is 1. The van der Waals surface area contributed by atoms with Crippen LogP contribution in [0.1, 0.15) is 21.7 Å². The number of amides is 1. The maximum Gasteiger partial charge on any atom is 0.435 e. The Balaban J connectivity index is 1.78. The molecule has 0 bridgehead atoms. The van der Waals surface area contributed by atoms with E-state index in [0.717, 1.165) is 10.2 Å². The van der Waals surface area contributed by atoms with E-state index in [-0.39, 0.29) is 16.5 Å². The summed E-state index contributed by atoms with van der Waals surface area (Å²) < 4.78 is 40.5. The smallest absolute Gasteiger partial charge is 0.302 e. The molecule has 0 aliphatic rings. The molecule has 0 spiro atoms. The van der Waals surface area contributed by atoms with Crippen molar-refractivity contribution in [3.63, 3.8) is 0 Å². The number of halogens is 5. The van der Waals surface area contributed by atoms with Crippen molar-refractivity contribution >= 4 is 34.9 Å². The van der Waals surface area contributed by atoms with Gasteiger partial charge in [0, 0.05) is 24.3 Å². The van der Waals surface area contributed by atoms with Crippen LogP contribution >= 0.6 is 23.2 Å². The molecule has 27 heavy (non-hydrogen) atoms. The molecule has 0 fully saturated rings. The molecule has 3 aromatic rings. The van der Waals surface area contributed by atoms with Gasteiger partial charge in [-0.05, 0) is 11.6 Å². The van der Waals surface area contributed by atoms with E-state index in [1.54, 1.807) is 12.1 Å². The molecule has 2 heterocycles. The molecule has 0 aliphatic carbocycles. The van der Waals surface area contributed by atoms with Gasteiger partial charge in [-0.3, -0.25) is 14.2 Å². The maximum atomic E-state index is 12.7. The van der Waals surface area contributed by atoms with E-state index in [9.17, 15) is 18.0 Å². The van der Waals surface area contributed by atoms with Gasteiger partial charge in [0.2, 0.25) is 0 Å². The molecule has 6 nitrogen and oxygen atoms in total. The van der Waals surface area contributed by atoms with Crippen molar-refractivity contribution in [2.45, 2.75) is 12.7 Å². The summed E-state index contributed by atoms with van der Waals surface area (Å²) in [6.07, 6.45) is -3.17. The highest BCUT2D eigenvalue weighted by Crippen LogP contribution is 2.29. The summed E-state index contributed by atoms with van der Waals surface area (Å²) in [5.74, 6) is -0.797. The van der Waals surface area contributed by atoms with Gasteiger partial charge in [0.25, 0.3) is 5.91 Å². The first-order valence-corrected chi connectivity index (χ1v) is 8.29. The first-order chi connectivity index (χ1) is 12.6. The van der Waals surface area contributed by atoms with Crippen molar-refractivity contribution in [1.29, 1.82) is 0 Å². The van der Waals surface area contributed by atoms with Crippen LogP contribution in [0.25, 0.3) is 0 Å². The van der Waals surface area contributed by atoms with E-state index < -0.39 is 17.8 Å². The highest BCUT2D eigenvalue weighted by atomic mass is 35.5. The SMILES string of the molecule is Cn1nc(C(F)(F)F)cc1C(=O)Nc1nn(Cc2ccccc2Cl)cc1Cl. The van der Waals surface area contributed by atoms with Crippen LogP contribution in [-0.4, -0.2) is 25.5 Å². The Hall–Kier alpha value is -2.52. The second-order valence-corrected chi connectivity index (χ2v) is 6.42. The Labute approximate surface area is 161 Å². The Morgan fingerprint density at radius 1 is 1.19 bits per heavy atom. The van der Waals surface area contributed by atoms with Crippen molar-refractivity contribution in [2.24, 2.45) is 7.05 Å². The normalized spacial score (nSPS) is 11.6. The molecule has 1 N–H and O–H groups in total. The molecule has 0 radical (unpaired) electrons. The van der Waals surface area contributed by atoms with Crippen molar-refractivity contribution in [2.75, 3.05) is 5.32 Å². The highest BCUT2D eigenvalue weighted by Gasteiger charge is 2.35. The fourth-order valence-electron chi connectivity index (χ4n) is 2.35. The lowest BCUT2D eigenvalue weighted by Gasteiger charge is -2.04. The van der Waals surface area contributed by atoms with E-state index in [1.165, 1.54) is 17.9 Å². The van der Waals surface area contributed by atoms with Crippen LogP contribution in [0.5, 0.6) is 0 Å². The zero-order valence-electron chi connectivity index (χ0n) is 13.8. The molecule has 142 valence electrons. The van der Waals surface area contributed by atoms with Gasteiger partial charge in [0.15, 0.2) is 11.5 Å². The van der Waals surface area contributed by atoms with Gasteiger partial charge in [-0.15, -0.1) is 0 Å². The Bertz CT molecular complexity index is 996. The van der Waals surface area contributed by atoms with Gasteiger partial charge in [0.1, 0.15) is 10.7 Å². The van der Waals surface area contributed by atoms with E-state index in [2.05, 4.69) is 15.5 Å². The number of aromatic nitrogens is 4. The number of carbonyl (C=O) groups excluding carboxylic acids is 1. The molecule has 0 aliphatic heterocycles. The number of hydrogen-bond acceptors (Lipinski definition) is 3. The third-order valence-electron chi connectivity index (χ3n) is 3.64. The Kier molecular flexibility index (Phi) is 5.16. The van der Waals surface area contributed by atoms with Crippen molar-refractivity contribution in [3.05, 3.63) is 63.5 Å². The van der Waals surface area contributed by atoms with E-state index in [4.69, 9.17) is 23.2 Å². The summed E-state index contributed by atoms with van der Waals surface area (Å²) >= 11 is 12.2. The zero-order chi connectivity index (χ0) is 19.8. The van der Waals surface area contributed by atoms with Gasteiger partial charge in [-0.25, -0.2) is 0 Å². The number of nitrogens with zero attached hydrogens (tertiary/aromatic N) is 4. The lowest BCUT2D eigenvalue weighted by Crippen LogP contribution is -2.17. The largest absolute Gasteiger partial charge is 0.435 e. The molecule has 1 aromatic carbocycles. The molecule has 0 unspecified atom stereocenters. The van der Waals surface area contributed by atoms with Crippen LogP contribution in [0, 0.1) is 0 Å². The second-order valence-electron chi connectivity index (χ2n) is 5.60. The van der Waals surface area contributed by atoms with Crippen LogP contribution in [0.4, 0.5) is 19.0 Å². The van der Waals surface area contributed by atoms with Crippen molar-refractivity contribution in [3.8, 4) is 0 Å². The molecule has 0 saturated heterocycles. The Morgan fingerprint density at radius 3 is 2.52 bits per heavy atom. The van der Waals surface area contributed by atoms with Crippen molar-refractivity contribution in [1.82, 2.24) is 19.6 Å². The summed E-state index contributed by atoms with van der Waals surface area (Å²) in [6.45, 7) is 0.305. The van der Waals surface area contributed by atoms with Crippen LogP contribution in [0.2, 0.25) is 10.0 Å². The van der Waals surface area contributed by atoms with Crippen molar-refractivity contribution < 1.29 is 18.0 Å². The first-order valence-electron chi connectivity index (χ1n) is 7.54. The van der Waals surface area contributed by atoms with Gasteiger partial charge in [-0.2, -0.15) is 23.4 Å². The second kappa shape index (κ2) is 7.24. The van der Waals surface area contributed by atoms with E-state index in [1.807, 2.05) is 12.1 Å². The number of alkyl halides is 3. The molecule has 3 rings (SSSR count). The quantitative estimate of drug-likeness (QED) is 0.690. The molecule has 2 aromatic heterocycles. The average Bonchev–Trinajstić information content (AvgIpc) is 3.13. The minimum atomic E-state index is -4.65. The van der Waals surface area contributed by atoms with Crippen LogP contribution < -0.4 is 5.32 Å². The van der Waals surface area contributed by atoms with E-state index >= 15 is 0 Å². The monoisotopic (exact) mass is 417 g/mol. The van der Waals surface area contributed by atoms with Gasteiger partial charge in [-0.1, -0.05) is 41.4 Å². The number of hydrogen-bond donors (Lipinski definition) is 1. The molecular weight excluding hydrogens is 406 g/mol. The van der Waals surface area contributed by atoms with Crippen LogP contribution in [0.15, 0.2) is 36.5 Å².